The molecule has 1 unspecified atom stereocenters. The molecule has 0 saturated heterocycles. The zero-order valence-corrected chi connectivity index (χ0v) is 12.5. The number of nitrogens with zero attached hydrogens (tertiary/aromatic N) is 1. The van der Waals surface area contributed by atoms with E-state index in [1.54, 1.807) is 7.11 Å². The molecule has 2 N–H and O–H groups in total. The van der Waals surface area contributed by atoms with Crippen LogP contribution in [0.1, 0.15) is 29.2 Å². The minimum Gasteiger partial charge on any atom is -0.496 e. The molecule has 18 heavy (non-hydrogen) atoms. The Labute approximate surface area is 111 Å². The van der Waals surface area contributed by atoms with Crippen molar-refractivity contribution in [3.8, 4) is 5.75 Å². The van der Waals surface area contributed by atoms with Crippen molar-refractivity contribution in [2.75, 3.05) is 20.7 Å². The highest BCUT2D eigenvalue weighted by atomic mass is 16.5. The van der Waals surface area contributed by atoms with Gasteiger partial charge in [-0.05, 0) is 51.4 Å². The highest BCUT2D eigenvalue weighted by molar-refractivity contribution is 5.49. The first kappa shape index (κ1) is 15.0. The molecule has 0 aliphatic heterocycles. The molecule has 1 aromatic carbocycles. The molecule has 0 fully saturated rings. The molecular formula is C15H26N2O. The lowest BCUT2D eigenvalue weighted by molar-refractivity contribution is 0.301. The van der Waals surface area contributed by atoms with Crippen molar-refractivity contribution in [2.45, 2.75) is 40.3 Å². The summed E-state index contributed by atoms with van der Waals surface area (Å²) >= 11 is 0. The van der Waals surface area contributed by atoms with Gasteiger partial charge in [0, 0.05) is 24.7 Å². The molecule has 0 aromatic heterocycles. The maximum Gasteiger partial charge on any atom is 0.126 e. The summed E-state index contributed by atoms with van der Waals surface area (Å²) in [6, 6.07) is 2.42. The van der Waals surface area contributed by atoms with E-state index in [9.17, 15) is 0 Å². The Hall–Kier alpha value is -1.06. The minimum atomic E-state index is 0.188. The summed E-state index contributed by atoms with van der Waals surface area (Å²) in [4.78, 5) is 2.24. The Morgan fingerprint density at radius 1 is 1.28 bits per heavy atom. The molecule has 3 heteroatoms. The van der Waals surface area contributed by atoms with Crippen LogP contribution in [0.4, 0.5) is 0 Å². The number of methoxy groups -OCH3 is 1. The van der Waals surface area contributed by atoms with Crippen LogP contribution in [0.2, 0.25) is 0 Å². The first-order valence-corrected chi connectivity index (χ1v) is 6.44. The lowest BCUT2D eigenvalue weighted by Gasteiger charge is -2.23. The van der Waals surface area contributed by atoms with Gasteiger partial charge in [0.1, 0.15) is 5.75 Å². The number of nitrogens with two attached hydrogens (primary N) is 1. The molecule has 0 amide bonds. The smallest absolute Gasteiger partial charge is 0.126 e. The molecule has 1 rings (SSSR count). The number of ether oxygens (including phenoxy) is 1. The molecular weight excluding hydrogens is 224 g/mol. The lowest BCUT2D eigenvalue weighted by Crippen LogP contribution is -2.32. The van der Waals surface area contributed by atoms with Crippen molar-refractivity contribution >= 4 is 0 Å². The van der Waals surface area contributed by atoms with Crippen molar-refractivity contribution in [1.29, 1.82) is 0 Å². The van der Waals surface area contributed by atoms with Gasteiger partial charge in [0.2, 0.25) is 0 Å². The summed E-state index contributed by atoms with van der Waals surface area (Å²) in [6.45, 7) is 10.2. The Morgan fingerprint density at radius 2 is 1.89 bits per heavy atom. The van der Waals surface area contributed by atoms with Gasteiger partial charge in [0.25, 0.3) is 0 Å². The molecule has 0 spiro atoms. The zero-order valence-electron chi connectivity index (χ0n) is 12.5. The number of hydrogen-bond acceptors (Lipinski definition) is 3. The molecule has 0 bridgehead atoms. The van der Waals surface area contributed by atoms with Crippen molar-refractivity contribution in [3.05, 3.63) is 28.3 Å². The maximum absolute atomic E-state index is 5.84. The van der Waals surface area contributed by atoms with Crippen LogP contribution in [0.3, 0.4) is 0 Å². The van der Waals surface area contributed by atoms with Gasteiger partial charge >= 0.3 is 0 Å². The van der Waals surface area contributed by atoms with Gasteiger partial charge in [-0.3, -0.25) is 0 Å². The highest BCUT2D eigenvalue weighted by Crippen LogP contribution is 2.30. The third-order valence-corrected chi connectivity index (χ3v) is 3.35. The summed E-state index contributed by atoms with van der Waals surface area (Å²) in [5, 5.41) is 0. The second-order valence-electron chi connectivity index (χ2n) is 5.32. The summed E-state index contributed by atoms with van der Waals surface area (Å²) in [5.41, 5.74) is 10.9. The third-order valence-electron chi connectivity index (χ3n) is 3.35. The van der Waals surface area contributed by atoms with Gasteiger partial charge < -0.3 is 15.4 Å². The fourth-order valence-electron chi connectivity index (χ4n) is 2.40. The van der Waals surface area contributed by atoms with Crippen LogP contribution < -0.4 is 10.5 Å². The van der Waals surface area contributed by atoms with Crippen molar-refractivity contribution in [3.63, 3.8) is 0 Å². The van der Waals surface area contributed by atoms with Crippen LogP contribution in [0.15, 0.2) is 6.07 Å². The third kappa shape index (κ3) is 3.47. The molecule has 3 nitrogen and oxygen atoms in total. The Balaban J connectivity index is 3.04. The van der Waals surface area contributed by atoms with E-state index in [4.69, 9.17) is 10.5 Å². The van der Waals surface area contributed by atoms with E-state index in [1.165, 1.54) is 22.3 Å². The van der Waals surface area contributed by atoms with Crippen LogP contribution in [0.25, 0.3) is 0 Å². The fraction of sp³-hybridized carbons (Fsp3) is 0.600. The van der Waals surface area contributed by atoms with E-state index < -0.39 is 0 Å². The molecule has 1 atom stereocenters. The van der Waals surface area contributed by atoms with Crippen molar-refractivity contribution in [1.82, 2.24) is 4.90 Å². The van der Waals surface area contributed by atoms with Crippen molar-refractivity contribution in [2.24, 2.45) is 5.73 Å². The van der Waals surface area contributed by atoms with Crippen LogP contribution in [-0.2, 0) is 6.54 Å². The van der Waals surface area contributed by atoms with Crippen LogP contribution in [0, 0.1) is 20.8 Å². The first-order chi connectivity index (χ1) is 8.36. The molecule has 0 aliphatic carbocycles. The predicted molar refractivity (Wildman–Crippen MR) is 77.2 cm³/mol. The quantitative estimate of drug-likeness (QED) is 0.872. The van der Waals surface area contributed by atoms with Crippen molar-refractivity contribution < 1.29 is 4.74 Å². The Kier molecular flexibility index (Phi) is 5.17. The lowest BCUT2D eigenvalue weighted by atomic mass is 9.98. The largest absolute Gasteiger partial charge is 0.496 e. The average Bonchev–Trinajstić information content (AvgIpc) is 2.25. The van der Waals surface area contributed by atoms with Gasteiger partial charge in [-0.1, -0.05) is 6.07 Å². The highest BCUT2D eigenvalue weighted by Gasteiger charge is 2.14. The van der Waals surface area contributed by atoms with E-state index in [2.05, 4.69) is 38.8 Å². The molecule has 1 aromatic rings. The first-order valence-electron chi connectivity index (χ1n) is 6.44. The minimum absolute atomic E-state index is 0.188. The van der Waals surface area contributed by atoms with E-state index in [-0.39, 0.29) is 6.04 Å². The summed E-state index contributed by atoms with van der Waals surface area (Å²) in [5.74, 6) is 1.02. The topological polar surface area (TPSA) is 38.5 Å². The number of aryl methyl sites for hydroxylation is 2. The van der Waals surface area contributed by atoms with Crippen LogP contribution >= 0.6 is 0 Å². The Morgan fingerprint density at radius 3 is 2.39 bits per heavy atom. The fourth-order valence-corrected chi connectivity index (χ4v) is 2.40. The monoisotopic (exact) mass is 250 g/mol. The standard InChI is InChI=1S/C15H26N2O/c1-10-7-11(2)14(15(18-6)13(10)4)9-17(5)8-12(3)16/h7,12H,8-9,16H2,1-6H3. The maximum atomic E-state index is 5.84. The zero-order chi connectivity index (χ0) is 13.9. The molecule has 0 saturated carbocycles. The van der Waals surface area contributed by atoms with Gasteiger partial charge in [0.15, 0.2) is 0 Å². The summed E-state index contributed by atoms with van der Waals surface area (Å²) < 4.78 is 5.59. The van der Waals surface area contributed by atoms with Gasteiger partial charge in [-0.15, -0.1) is 0 Å². The number of likely N-dealkylation sites (N-methyl/N-ethyl adjacent to an activating group) is 1. The average molecular weight is 250 g/mol. The SMILES string of the molecule is COc1c(C)c(C)cc(C)c1CN(C)CC(C)N. The Bertz CT molecular complexity index is 413. The van der Waals surface area contributed by atoms with E-state index in [0.717, 1.165) is 18.8 Å². The number of hydrogen-bond donors (Lipinski definition) is 1. The van der Waals surface area contributed by atoms with Gasteiger partial charge in [-0.2, -0.15) is 0 Å². The normalized spacial score (nSPS) is 12.9. The van der Waals surface area contributed by atoms with E-state index in [1.807, 2.05) is 6.92 Å². The molecule has 0 heterocycles. The molecule has 102 valence electrons. The predicted octanol–water partition coefficient (Wildman–Crippen LogP) is 2.40. The van der Waals surface area contributed by atoms with Crippen LogP contribution in [-0.4, -0.2) is 31.6 Å². The molecule has 0 radical (unpaired) electrons. The van der Waals surface area contributed by atoms with Gasteiger partial charge in [-0.25, -0.2) is 0 Å². The summed E-state index contributed by atoms with van der Waals surface area (Å²) in [6.07, 6.45) is 0. The van der Waals surface area contributed by atoms with Gasteiger partial charge in [0.05, 0.1) is 7.11 Å². The number of benzene rings is 1. The number of rotatable bonds is 5. The summed E-state index contributed by atoms with van der Waals surface area (Å²) in [7, 11) is 3.84. The second-order valence-corrected chi connectivity index (χ2v) is 5.32. The van der Waals surface area contributed by atoms with E-state index >= 15 is 0 Å². The van der Waals surface area contributed by atoms with Crippen LogP contribution in [0.5, 0.6) is 5.75 Å². The molecule has 0 aliphatic rings. The second kappa shape index (κ2) is 6.21. The van der Waals surface area contributed by atoms with E-state index in [0.29, 0.717) is 0 Å².